The number of rotatable bonds is 4. The van der Waals surface area contributed by atoms with E-state index in [1.807, 2.05) is 32.9 Å². The van der Waals surface area contributed by atoms with E-state index < -0.39 is 28.7 Å². The van der Waals surface area contributed by atoms with Crippen molar-refractivity contribution in [2.75, 3.05) is 13.1 Å². The zero-order valence-corrected chi connectivity index (χ0v) is 22.1. The van der Waals surface area contributed by atoms with E-state index in [0.29, 0.717) is 54.9 Å². The number of carbonyl (C=O) groups excluding carboxylic acids is 2. The van der Waals surface area contributed by atoms with Crippen molar-refractivity contribution in [1.82, 2.24) is 20.2 Å². The van der Waals surface area contributed by atoms with Gasteiger partial charge in [0.15, 0.2) is 0 Å². The van der Waals surface area contributed by atoms with Gasteiger partial charge in [-0.2, -0.15) is 13.2 Å². The van der Waals surface area contributed by atoms with E-state index in [4.69, 9.17) is 4.98 Å². The molecule has 0 radical (unpaired) electrons. The van der Waals surface area contributed by atoms with Gasteiger partial charge in [-0.1, -0.05) is 26.0 Å². The molecule has 2 aromatic heterocycles. The Hall–Kier alpha value is -3.37. The Kier molecular flexibility index (Phi) is 6.75. The first kappa shape index (κ1) is 27.2. The Labute approximate surface area is 224 Å². The average molecular weight is 541 g/mol. The number of halogens is 3. The van der Waals surface area contributed by atoms with Crippen LogP contribution in [0.2, 0.25) is 0 Å². The highest BCUT2D eigenvalue weighted by atomic mass is 19.4. The summed E-state index contributed by atoms with van der Waals surface area (Å²) in [5.74, 6) is -1.11. The molecule has 0 spiro atoms. The first-order valence-electron chi connectivity index (χ1n) is 13.0. The lowest BCUT2D eigenvalue weighted by Gasteiger charge is -2.50. The third-order valence-electron chi connectivity index (χ3n) is 8.15. The van der Waals surface area contributed by atoms with Gasteiger partial charge in [0.05, 0.1) is 28.2 Å². The molecule has 0 aliphatic carbocycles. The van der Waals surface area contributed by atoms with Crippen LogP contribution >= 0.6 is 0 Å². The average Bonchev–Trinajstić information content (AvgIpc) is 2.85. The second-order valence-electron chi connectivity index (χ2n) is 11.3. The number of aromatic nitrogens is 2. The molecule has 2 atom stereocenters. The number of alkyl halides is 3. The third kappa shape index (κ3) is 5.15. The summed E-state index contributed by atoms with van der Waals surface area (Å²) in [6.45, 7) is 7.27. The number of nitrogens with zero attached hydrogens (tertiary/aromatic N) is 3. The quantitative estimate of drug-likeness (QED) is 0.470. The molecular formula is C29H31F3N4O3. The summed E-state index contributed by atoms with van der Waals surface area (Å²) in [5, 5.41) is 14.3. The van der Waals surface area contributed by atoms with Gasteiger partial charge < -0.3 is 5.11 Å². The molecule has 2 aliphatic heterocycles. The van der Waals surface area contributed by atoms with Crippen molar-refractivity contribution in [2.24, 2.45) is 5.41 Å². The van der Waals surface area contributed by atoms with Crippen LogP contribution in [-0.2, 0) is 27.9 Å². The van der Waals surface area contributed by atoms with Crippen LogP contribution in [-0.4, -0.2) is 44.9 Å². The number of nitrogens with one attached hydrogen (secondary N) is 1. The molecule has 39 heavy (non-hydrogen) atoms. The monoisotopic (exact) mass is 540 g/mol. The molecule has 2 amide bonds. The van der Waals surface area contributed by atoms with Crippen molar-refractivity contribution >= 4 is 22.8 Å². The number of hydrogen-bond acceptors (Lipinski definition) is 6. The van der Waals surface area contributed by atoms with Crippen molar-refractivity contribution in [3.05, 3.63) is 70.5 Å². The first-order chi connectivity index (χ1) is 18.3. The van der Waals surface area contributed by atoms with Crippen LogP contribution in [0, 0.1) is 12.3 Å². The van der Waals surface area contributed by atoms with E-state index in [-0.39, 0.29) is 18.2 Å². The van der Waals surface area contributed by atoms with Gasteiger partial charge in [0, 0.05) is 37.2 Å². The van der Waals surface area contributed by atoms with Crippen LogP contribution in [0.3, 0.4) is 0 Å². The van der Waals surface area contributed by atoms with Gasteiger partial charge in [-0.25, -0.2) is 4.98 Å². The number of fused-ring (bicyclic) bond motifs is 1. The highest BCUT2D eigenvalue weighted by molar-refractivity contribution is 6.01. The van der Waals surface area contributed by atoms with Crippen molar-refractivity contribution in [3.8, 4) is 0 Å². The number of likely N-dealkylation sites (tertiary alicyclic amines) is 1. The lowest BCUT2D eigenvalue weighted by atomic mass is 9.68. The molecule has 206 valence electrons. The molecule has 2 aliphatic rings. The smallest absolute Gasteiger partial charge is 0.383 e. The van der Waals surface area contributed by atoms with Gasteiger partial charge in [0.2, 0.25) is 11.8 Å². The zero-order valence-electron chi connectivity index (χ0n) is 22.1. The third-order valence-corrected chi connectivity index (χ3v) is 8.15. The molecule has 3 aromatic rings. The van der Waals surface area contributed by atoms with Gasteiger partial charge in [-0.3, -0.25) is 24.8 Å². The lowest BCUT2D eigenvalue weighted by Crippen LogP contribution is -2.55. The number of amides is 2. The highest BCUT2D eigenvalue weighted by Gasteiger charge is 2.49. The predicted molar refractivity (Wildman–Crippen MR) is 138 cm³/mol. The topological polar surface area (TPSA) is 95.4 Å². The number of carbonyl (C=O) groups is 2. The Morgan fingerprint density at radius 2 is 1.79 bits per heavy atom. The minimum absolute atomic E-state index is 0.262. The largest absolute Gasteiger partial charge is 0.416 e. The van der Waals surface area contributed by atoms with Crippen molar-refractivity contribution in [1.29, 1.82) is 0 Å². The first-order valence-corrected chi connectivity index (χ1v) is 13.0. The van der Waals surface area contributed by atoms with Gasteiger partial charge in [-0.15, -0.1) is 0 Å². The van der Waals surface area contributed by atoms with Crippen LogP contribution in [0.5, 0.6) is 0 Å². The fraction of sp³-hybridized carbons (Fsp3) is 0.448. The maximum Gasteiger partial charge on any atom is 0.416 e. The van der Waals surface area contributed by atoms with E-state index >= 15 is 0 Å². The highest BCUT2D eigenvalue weighted by Crippen LogP contribution is 2.46. The molecule has 2 N–H and O–H groups in total. The van der Waals surface area contributed by atoms with Crippen LogP contribution in [0.15, 0.2) is 42.5 Å². The number of piperidine rings is 2. The number of pyridine rings is 2. The van der Waals surface area contributed by atoms with Gasteiger partial charge in [0.1, 0.15) is 5.60 Å². The summed E-state index contributed by atoms with van der Waals surface area (Å²) >= 11 is 0. The predicted octanol–water partition coefficient (Wildman–Crippen LogP) is 4.60. The number of benzene rings is 1. The van der Waals surface area contributed by atoms with Crippen molar-refractivity contribution in [3.63, 3.8) is 0 Å². The van der Waals surface area contributed by atoms with E-state index in [1.165, 1.54) is 12.1 Å². The molecule has 2 fully saturated rings. The molecule has 1 aromatic carbocycles. The van der Waals surface area contributed by atoms with E-state index in [2.05, 4.69) is 15.2 Å². The fourth-order valence-electron chi connectivity index (χ4n) is 5.83. The van der Waals surface area contributed by atoms with Crippen LogP contribution in [0.4, 0.5) is 13.2 Å². The molecule has 7 nitrogen and oxygen atoms in total. The molecule has 2 unspecified atom stereocenters. The van der Waals surface area contributed by atoms with E-state index in [0.717, 1.165) is 23.3 Å². The van der Waals surface area contributed by atoms with E-state index in [9.17, 15) is 27.9 Å². The summed E-state index contributed by atoms with van der Waals surface area (Å²) < 4.78 is 38.7. The molecule has 0 bridgehead atoms. The fourth-order valence-corrected chi connectivity index (χ4v) is 5.83. The summed E-state index contributed by atoms with van der Waals surface area (Å²) in [4.78, 5) is 35.7. The Morgan fingerprint density at radius 3 is 2.44 bits per heavy atom. The normalized spacial score (nSPS) is 24.1. The molecular weight excluding hydrogens is 509 g/mol. The lowest BCUT2D eigenvalue weighted by molar-refractivity contribution is -0.138. The van der Waals surface area contributed by atoms with Crippen LogP contribution < -0.4 is 5.32 Å². The number of hydrogen-bond donors (Lipinski definition) is 2. The molecule has 10 heteroatoms. The Balaban J connectivity index is 1.38. The molecule has 0 saturated carbocycles. The minimum Gasteiger partial charge on any atom is -0.383 e. The van der Waals surface area contributed by atoms with Gasteiger partial charge in [0.25, 0.3) is 0 Å². The number of aliphatic hydroxyl groups is 1. The molecule has 5 rings (SSSR count). The Bertz CT molecular complexity index is 1440. The van der Waals surface area contributed by atoms with Gasteiger partial charge in [-0.05, 0) is 61.2 Å². The zero-order chi connectivity index (χ0) is 28.2. The molecule has 4 heterocycles. The van der Waals surface area contributed by atoms with Crippen molar-refractivity contribution in [2.45, 2.75) is 64.3 Å². The second kappa shape index (κ2) is 9.67. The van der Waals surface area contributed by atoms with Crippen molar-refractivity contribution < 1.29 is 27.9 Å². The summed E-state index contributed by atoms with van der Waals surface area (Å²) in [6, 6.07) is 10.6. The summed E-state index contributed by atoms with van der Waals surface area (Å²) in [6.07, 6.45) is -3.31. The maximum atomic E-state index is 12.9. The number of aryl methyl sites for hydroxylation is 1. The maximum absolute atomic E-state index is 12.9. The minimum atomic E-state index is -4.37. The standard InChI is InChI=1S/C29H31F3N4O3/c1-17-21(20-8-11-25(37)35-26(20)38)14-23-22(33-17)9-10-24(34-23)28(39)12-13-36(16-27(28,2)3)15-18-4-6-19(7-5-18)29(30,31)32/h4-7,9-10,14,20,39H,8,11-13,15-16H2,1-3H3,(H,35,37,38). The Morgan fingerprint density at radius 1 is 1.08 bits per heavy atom. The summed E-state index contributed by atoms with van der Waals surface area (Å²) in [7, 11) is 0. The summed E-state index contributed by atoms with van der Waals surface area (Å²) in [5.41, 5.74) is 1.36. The SMILES string of the molecule is Cc1nc2ccc(C3(O)CCN(Cc4ccc(C(F)(F)F)cc4)CC3(C)C)nc2cc1C1CCC(=O)NC1=O. The van der Waals surface area contributed by atoms with Crippen LogP contribution in [0.25, 0.3) is 11.0 Å². The van der Waals surface area contributed by atoms with Crippen LogP contribution in [0.1, 0.15) is 67.1 Å². The van der Waals surface area contributed by atoms with E-state index in [1.54, 1.807) is 6.07 Å². The number of imide groups is 1. The van der Waals surface area contributed by atoms with Gasteiger partial charge >= 0.3 is 6.18 Å². The second-order valence-corrected chi connectivity index (χ2v) is 11.3. The molecule has 2 saturated heterocycles.